The zero-order chi connectivity index (χ0) is 13.8. The van der Waals surface area contributed by atoms with Gasteiger partial charge < -0.3 is 15.4 Å². The first-order valence-corrected chi connectivity index (χ1v) is 6.55. The summed E-state index contributed by atoms with van der Waals surface area (Å²) in [5.74, 6) is -0.251. The lowest BCUT2D eigenvalue weighted by Crippen LogP contribution is -2.47. The number of halogens is 2. The Hall–Kier alpha value is -1.33. The van der Waals surface area contributed by atoms with Crippen molar-refractivity contribution in [2.24, 2.45) is 5.73 Å². The number of amides is 1. The average molecular weight is 287 g/mol. The Morgan fingerprint density at radius 2 is 2.37 bits per heavy atom. The first-order valence-electron chi connectivity index (χ1n) is 6.17. The van der Waals surface area contributed by atoms with Crippen LogP contribution in [0.5, 0.6) is 5.75 Å². The van der Waals surface area contributed by atoms with Crippen molar-refractivity contribution in [1.82, 2.24) is 4.90 Å². The van der Waals surface area contributed by atoms with Gasteiger partial charge in [-0.2, -0.15) is 0 Å². The second-order valence-electron chi connectivity index (χ2n) is 4.61. The molecule has 1 fully saturated rings. The molecule has 2 N–H and O–H groups in total. The number of carbonyl (C=O) groups excluding carboxylic acids is 1. The van der Waals surface area contributed by atoms with Crippen LogP contribution in [-0.4, -0.2) is 36.5 Å². The quantitative estimate of drug-likeness (QED) is 0.922. The summed E-state index contributed by atoms with van der Waals surface area (Å²) < 4.78 is 18.3. The van der Waals surface area contributed by atoms with Crippen molar-refractivity contribution in [3.63, 3.8) is 0 Å². The molecule has 0 radical (unpaired) electrons. The van der Waals surface area contributed by atoms with E-state index in [0.717, 1.165) is 12.8 Å². The highest BCUT2D eigenvalue weighted by atomic mass is 35.5. The lowest BCUT2D eigenvalue weighted by atomic mass is 10.1. The van der Waals surface area contributed by atoms with Crippen molar-refractivity contribution in [3.05, 3.63) is 29.0 Å². The molecule has 1 aromatic carbocycles. The van der Waals surface area contributed by atoms with Crippen LogP contribution in [0.25, 0.3) is 0 Å². The van der Waals surface area contributed by atoms with E-state index in [1.165, 1.54) is 18.2 Å². The number of carbonyl (C=O) groups is 1. The smallest absolute Gasteiger partial charge is 0.260 e. The van der Waals surface area contributed by atoms with E-state index >= 15 is 0 Å². The number of ether oxygens (including phenoxy) is 1. The molecule has 1 aliphatic rings. The Bertz CT molecular complexity index is 470. The summed E-state index contributed by atoms with van der Waals surface area (Å²) in [5, 5.41) is -0.0232. The minimum atomic E-state index is -0.512. The lowest BCUT2D eigenvalue weighted by molar-refractivity contribution is -0.134. The van der Waals surface area contributed by atoms with Crippen molar-refractivity contribution in [2.45, 2.75) is 18.9 Å². The first kappa shape index (κ1) is 14.1. The van der Waals surface area contributed by atoms with Crippen LogP contribution in [-0.2, 0) is 4.79 Å². The van der Waals surface area contributed by atoms with Crippen LogP contribution < -0.4 is 10.5 Å². The van der Waals surface area contributed by atoms with E-state index in [9.17, 15) is 9.18 Å². The molecule has 19 heavy (non-hydrogen) atoms. The van der Waals surface area contributed by atoms with Gasteiger partial charge in [0, 0.05) is 25.2 Å². The highest BCUT2D eigenvalue weighted by Crippen LogP contribution is 2.21. The first-order chi connectivity index (χ1) is 9.06. The molecule has 1 atom stereocenters. The summed E-state index contributed by atoms with van der Waals surface area (Å²) in [5.41, 5.74) is 5.81. The molecule has 6 heteroatoms. The van der Waals surface area contributed by atoms with Gasteiger partial charge in [-0.25, -0.2) is 4.39 Å². The molecule has 2 rings (SSSR count). The summed E-state index contributed by atoms with van der Waals surface area (Å²) in [4.78, 5) is 13.6. The maximum atomic E-state index is 13.0. The van der Waals surface area contributed by atoms with Crippen LogP contribution in [0.3, 0.4) is 0 Å². The van der Waals surface area contributed by atoms with Gasteiger partial charge in [-0.1, -0.05) is 11.6 Å². The third-order valence-corrected chi connectivity index (χ3v) is 3.35. The Labute approximate surface area is 116 Å². The van der Waals surface area contributed by atoms with Gasteiger partial charge in [0.2, 0.25) is 0 Å². The van der Waals surface area contributed by atoms with Crippen molar-refractivity contribution in [2.75, 3.05) is 19.7 Å². The Balaban J connectivity index is 1.87. The van der Waals surface area contributed by atoms with E-state index in [2.05, 4.69) is 0 Å². The minimum absolute atomic E-state index is 0.0232. The van der Waals surface area contributed by atoms with Crippen molar-refractivity contribution >= 4 is 17.5 Å². The van der Waals surface area contributed by atoms with Crippen LogP contribution in [0.15, 0.2) is 18.2 Å². The number of rotatable bonds is 3. The Morgan fingerprint density at radius 1 is 1.58 bits per heavy atom. The topological polar surface area (TPSA) is 55.6 Å². The monoisotopic (exact) mass is 286 g/mol. The molecular formula is C13H16ClFN2O2. The van der Waals surface area contributed by atoms with Crippen LogP contribution in [0.1, 0.15) is 12.8 Å². The van der Waals surface area contributed by atoms with Gasteiger partial charge in [0.1, 0.15) is 11.6 Å². The van der Waals surface area contributed by atoms with E-state index in [1.54, 1.807) is 4.90 Å². The van der Waals surface area contributed by atoms with Gasteiger partial charge in [0.15, 0.2) is 6.61 Å². The van der Waals surface area contributed by atoms with Crippen LogP contribution in [0.4, 0.5) is 4.39 Å². The number of likely N-dealkylation sites (tertiary alicyclic amines) is 1. The van der Waals surface area contributed by atoms with Gasteiger partial charge in [-0.3, -0.25) is 4.79 Å². The highest BCUT2D eigenvalue weighted by molar-refractivity contribution is 6.30. The summed E-state index contributed by atoms with van der Waals surface area (Å²) in [6, 6.07) is 4.04. The van der Waals surface area contributed by atoms with E-state index < -0.39 is 5.82 Å². The largest absolute Gasteiger partial charge is 0.484 e. The molecule has 1 saturated heterocycles. The third-order valence-electron chi connectivity index (χ3n) is 3.06. The van der Waals surface area contributed by atoms with E-state index in [4.69, 9.17) is 22.1 Å². The molecule has 1 amide bonds. The maximum absolute atomic E-state index is 13.0. The second kappa shape index (κ2) is 6.21. The summed E-state index contributed by atoms with van der Waals surface area (Å²) in [6.07, 6.45) is 1.85. The standard InChI is InChI=1S/C13H16ClFN2O2/c14-11-6-10(3-4-12(11)15)19-8-13(18)17-5-1-2-9(16)7-17/h3-4,6,9H,1-2,5,7-8,16H2/t9-/m0/s1. The molecule has 1 heterocycles. The molecule has 0 aromatic heterocycles. The molecule has 0 aliphatic carbocycles. The van der Waals surface area contributed by atoms with Gasteiger partial charge in [-0.15, -0.1) is 0 Å². The maximum Gasteiger partial charge on any atom is 0.260 e. The molecule has 104 valence electrons. The summed E-state index contributed by atoms with van der Waals surface area (Å²) >= 11 is 5.63. The predicted octanol–water partition coefficient (Wildman–Crippen LogP) is 1.81. The second-order valence-corrected chi connectivity index (χ2v) is 5.01. The fraction of sp³-hybridized carbons (Fsp3) is 0.462. The van der Waals surface area contributed by atoms with E-state index in [0.29, 0.717) is 18.8 Å². The van der Waals surface area contributed by atoms with Crippen LogP contribution in [0.2, 0.25) is 5.02 Å². The van der Waals surface area contributed by atoms with Crippen LogP contribution in [0, 0.1) is 5.82 Å². The van der Waals surface area contributed by atoms with Crippen molar-refractivity contribution < 1.29 is 13.9 Å². The highest BCUT2D eigenvalue weighted by Gasteiger charge is 2.21. The van der Waals surface area contributed by atoms with Crippen molar-refractivity contribution in [3.8, 4) is 5.75 Å². The number of benzene rings is 1. The Morgan fingerprint density at radius 3 is 3.05 bits per heavy atom. The molecule has 0 bridgehead atoms. The van der Waals surface area contributed by atoms with Crippen molar-refractivity contribution in [1.29, 1.82) is 0 Å². The van der Waals surface area contributed by atoms with Gasteiger partial charge in [0.05, 0.1) is 5.02 Å². The SMILES string of the molecule is N[C@H]1CCCN(C(=O)COc2ccc(F)c(Cl)c2)C1. The number of nitrogens with two attached hydrogens (primary N) is 1. The Kier molecular flexibility index (Phi) is 4.61. The summed E-state index contributed by atoms with van der Waals surface area (Å²) in [7, 11) is 0. The number of hydrogen-bond donors (Lipinski definition) is 1. The molecule has 1 aliphatic heterocycles. The number of nitrogens with zero attached hydrogens (tertiary/aromatic N) is 1. The lowest BCUT2D eigenvalue weighted by Gasteiger charge is -2.30. The van der Waals surface area contributed by atoms with Crippen LogP contribution >= 0.6 is 11.6 Å². The predicted molar refractivity (Wildman–Crippen MR) is 70.7 cm³/mol. The molecule has 4 nitrogen and oxygen atoms in total. The molecule has 0 spiro atoms. The average Bonchev–Trinajstić information content (AvgIpc) is 2.40. The van der Waals surface area contributed by atoms with Gasteiger partial charge in [0.25, 0.3) is 5.91 Å². The number of piperidine rings is 1. The van der Waals surface area contributed by atoms with Gasteiger partial charge in [-0.05, 0) is 25.0 Å². The van der Waals surface area contributed by atoms with E-state index in [1.807, 2.05) is 0 Å². The zero-order valence-corrected chi connectivity index (χ0v) is 11.2. The fourth-order valence-electron chi connectivity index (χ4n) is 2.04. The summed E-state index contributed by atoms with van der Waals surface area (Å²) in [6.45, 7) is 1.18. The normalized spacial score (nSPS) is 19.3. The third kappa shape index (κ3) is 3.81. The zero-order valence-electron chi connectivity index (χ0n) is 10.4. The molecule has 1 aromatic rings. The molecule has 0 unspecified atom stereocenters. The fourth-order valence-corrected chi connectivity index (χ4v) is 2.21. The number of hydrogen-bond acceptors (Lipinski definition) is 3. The van der Waals surface area contributed by atoms with E-state index in [-0.39, 0.29) is 23.6 Å². The molecule has 0 saturated carbocycles. The van der Waals surface area contributed by atoms with Gasteiger partial charge >= 0.3 is 0 Å². The molecular weight excluding hydrogens is 271 g/mol. The minimum Gasteiger partial charge on any atom is -0.484 e.